The zero-order chi connectivity index (χ0) is 28.8. The van der Waals surface area contributed by atoms with Crippen molar-refractivity contribution in [2.24, 2.45) is 0 Å². The molecule has 3 rings (SSSR count). The molecule has 0 saturated heterocycles. The first-order chi connectivity index (χ1) is 18.4. The van der Waals surface area contributed by atoms with Crippen LogP contribution in [0, 0.1) is 0 Å². The Morgan fingerprint density at radius 2 is 1.33 bits per heavy atom. The van der Waals surface area contributed by atoms with Crippen molar-refractivity contribution in [2.45, 2.75) is 16.3 Å². The van der Waals surface area contributed by atoms with Gasteiger partial charge >= 0.3 is 0 Å². The summed E-state index contributed by atoms with van der Waals surface area (Å²) in [5.74, 6) is 0.526. The van der Waals surface area contributed by atoms with Gasteiger partial charge < -0.3 is 19.5 Å². The van der Waals surface area contributed by atoms with E-state index in [1.165, 1.54) is 77.9 Å². The summed E-state index contributed by atoms with van der Waals surface area (Å²) < 4.78 is 69.7. The van der Waals surface area contributed by atoms with Crippen molar-refractivity contribution in [1.29, 1.82) is 0 Å². The first-order valence-corrected chi connectivity index (χ1v) is 14.5. The summed E-state index contributed by atoms with van der Waals surface area (Å²) in [6.07, 6.45) is 0. The Balaban J connectivity index is 1.85. The van der Waals surface area contributed by atoms with Crippen LogP contribution in [0.4, 0.5) is 5.69 Å². The molecule has 3 aromatic rings. The number of ether oxygens (including phenoxy) is 3. The fourth-order valence-electron chi connectivity index (χ4n) is 3.54. The number of rotatable bonds is 12. The van der Waals surface area contributed by atoms with Crippen molar-refractivity contribution in [2.75, 3.05) is 46.3 Å². The van der Waals surface area contributed by atoms with E-state index in [-0.39, 0.29) is 27.8 Å². The summed E-state index contributed by atoms with van der Waals surface area (Å²) in [6, 6.07) is 16.5. The summed E-state index contributed by atoms with van der Waals surface area (Å²) >= 11 is 0. The van der Waals surface area contributed by atoms with Crippen LogP contribution in [0.3, 0.4) is 0 Å². The summed E-state index contributed by atoms with van der Waals surface area (Å²) in [7, 11) is -0.597. The third-order valence-corrected chi connectivity index (χ3v) is 9.38. The second kappa shape index (κ2) is 12.4. The molecule has 0 aliphatic carbocycles. The van der Waals surface area contributed by atoms with Gasteiger partial charge in [-0.25, -0.2) is 21.1 Å². The van der Waals surface area contributed by atoms with E-state index in [1.807, 2.05) is 0 Å². The Morgan fingerprint density at radius 1 is 0.744 bits per heavy atom. The van der Waals surface area contributed by atoms with Crippen LogP contribution in [-0.2, 0) is 31.4 Å². The lowest BCUT2D eigenvalue weighted by atomic mass is 10.2. The summed E-state index contributed by atoms with van der Waals surface area (Å²) in [6.45, 7) is -0.454. The van der Waals surface area contributed by atoms with Crippen LogP contribution in [0.1, 0.15) is 5.56 Å². The van der Waals surface area contributed by atoms with Crippen molar-refractivity contribution >= 4 is 31.6 Å². The van der Waals surface area contributed by atoms with E-state index in [9.17, 15) is 21.6 Å². The van der Waals surface area contributed by atoms with E-state index >= 15 is 0 Å². The molecule has 13 heteroatoms. The molecule has 39 heavy (non-hydrogen) atoms. The van der Waals surface area contributed by atoms with E-state index in [0.29, 0.717) is 17.1 Å². The first-order valence-electron chi connectivity index (χ1n) is 11.6. The SMILES string of the molecule is COc1ccc(N(CC(=O)NCc2ccc(S(=O)(=O)N(C)C)cc2)S(=O)(=O)c2ccc(OC)c(OC)c2)cc1. The quantitative estimate of drug-likeness (QED) is 0.347. The van der Waals surface area contributed by atoms with Gasteiger partial charge in [-0.1, -0.05) is 12.1 Å². The number of sulfonamides is 2. The molecule has 0 aliphatic rings. The van der Waals surface area contributed by atoms with Crippen LogP contribution in [0.25, 0.3) is 0 Å². The lowest BCUT2D eigenvalue weighted by Crippen LogP contribution is -2.40. The monoisotopic (exact) mass is 577 g/mol. The van der Waals surface area contributed by atoms with Gasteiger partial charge in [-0.15, -0.1) is 0 Å². The number of nitrogens with one attached hydrogen (secondary N) is 1. The lowest BCUT2D eigenvalue weighted by Gasteiger charge is -2.24. The van der Waals surface area contributed by atoms with E-state index in [2.05, 4.69) is 5.32 Å². The molecule has 3 aromatic carbocycles. The smallest absolute Gasteiger partial charge is 0.264 e. The number of hydrogen-bond acceptors (Lipinski definition) is 8. The van der Waals surface area contributed by atoms with Crippen LogP contribution in [0.2, 0.25) is 0 Å². The second-order valence-corrected chi connectivity index (χ2v) is 12.4. The van der Waals surface area contributed by atoms with Crippen molar-refractivity contribution in [3.05, 3.63) is 72.3 Å². The second-order valence-electron chi connectivity index (χ2n) is 8.43. The van der Waals surface area contributed by atoms with E-state index in [4.69, 9.17) is 14.2 Å². The van der Waals surface area contributed by atoms with Crippen molar-refractivity contribution < 1.29 is 35.8 Å². The van der Waals surface area contributed by atoms with Crippen LogP contribution in [-0.4, -0.2) is 69.0 Å². The van der Waals surface area contributed by atoms with Crippen LogP contribution < -0.4 is 23.8 Å². The maximum Gasteiger partial charge on any atom is 0.264 e. The molecule has 1 amide bonds. The molecule has 0 atom stereocenters. The van der Waals surface area contributed by atoms with E-state index in [0.717, 1.165) is 8.61 Å². The number of nitrogens with zero attached hydrogens (tertiary/aromatic N) is 2. The Labute approximate surface area is 229 Å². The minimum atomic E-state index is -4.21. The maximum absolute atomic E-state index is 13.7. The van der Waals surface area contributed by atoms with Gasteiger partial charge in [0.1, 0.15) is 12.3 Å². The molecule has 0 saturated carbocycles. The highest BCUT2D eigenvalue weighted by molar-refractivity contribution is 7.92. The maximum atomic E-state index is 13.7. The number of carbonyl (C=O) groups is 1. The molecular weight excluding hydrogens is 546 g/mol. The van der Waals surface area contributed by atoms with Gasteiger partial charge in [-0.05, 0) is 54.1 Å². The minimum Gasteiger partial charge on any atom is -0.497 e. The number of amides is 1. The predicted octanol–water partition coefficient (Wildman–Crippen LogP) is 2.47. The predicted molar refractivity (Wildman–Crippen MR) is 146 cm³/mol. The Morgan fingerprint density at radius 3 is 1.87 bits per heavy atom. The molecule has 210 valence electrons. The summed E-state index contributed by atoms with van der Waals surface area (Å²) in [4.78, 5) is 13.0. The minimum absolute atomic E-state index is 0.0635. The molecule has 0 aliphatic heterocycles. The van der Waals surface area contributed by atoms with Crippen molar-refractivity contribution in [3.8, 4) is 17.2 Å². The average Bonchev–Trinajstić information content (AvgIpc) is 2.94. The standard InChI is InChI=1S/C26H31N3O8S2/c1-28(2)38(31,32)22-12-6-19(7-13-22)17-27-26(30)18-29(20-8-10-21(35-3)11-9-20)39(33,34)23-14-15-24(36-4)25(16-23)37-5/h6-16H,17-18H2,1-5H3,(H,27,30). The third kappa shape index (κ3) is 6.80. The molecule has 1 N–H and O–H groups in total. The van der Waals surface area contributed by atoms with Gasteiger partial charge in [0.2, 0.25) is 15.9 Å². The van der Waals surface area contributed by atoms with Crippen LogP contribution in [0.15, 0.2) is 76.5 Å². The topological polar surface area (TPSA) is 132 Å². The van der Waals surface area contributed by atoms with Crippen LogP contribution in [0.5, 0.6) is 17.2 Å². The molecule has 0 unspecified atom stereocenters. The molecule has 0 bridgehead atoms. The highest BCUT2D eigenvalue weighted by Gasteiger charge is 2.28. The summed E-state index contributed by atoms with van der Waals surface area (Å²) in [5, 5.41) is 2.69. The lowest BCUT2D eigenvalue weighted by molar-refractivity contribution is -0.119. The fraction of sp³-hybridized carbons (Fsp3) is 0.269. The molecule has 0 fully saturated rings. The normalized spacial score (nSPS) is 11.6. The fourth-order valence-corrected chi connectivity index (χ4v) is 5.88. The number of anilines is 1. The van der Waals surface area contributed by atoms with Crippen molar-refractivity contribution in [1.82, 2.24) is 9.62 Å². The Bertz CT molecular complexity index is 1510. The molecule has 0 heterocycles. The highest BCUT2D eigenvalue weighted by atomic mass is 32.2. The number of benzene rings is 3. The van der Waals surface area contributed by atoms with Gasteiger partial charge in [-0.2, -0.15) is 0 Å². The zero-order valence-corrected chi connectivity index (χ0v) is 23.9. The first kappa shape index (κ1) is 29.7. The highest BCUT2D eigenvalue weighted by Crippen LogP contribution is 2.32. The van der Waals surface area contributed by atoms with Gasteiger partial charge in [-0.3, -0.25) is 9.10 Å². The van der Waals surface area contributed by atoms with Gasteiger partial charge in [0.25, 0.3) is 10.0 Å². The number of hydrogen-bond donors (Lipinski definition) is 1. The average molecular weight is 578 g/mol. The van der Waals surface area contributed by atoms with Gasteiger partial charge in [0.15, 0.2) is 11.5 Å². The summed E-state index contributed by atoms with van der Waals surface area (Å²) in [5.41, 5.74) is 0.888. The Hall–Kier alpha value is -3.81. The van der Waals surface area contributed by atoms with Crippen molar-refractivity contribution in [3.63, 3.8) is 0 Å². The largest absolute Gasteiger partial charge is 0.497 e. The number of carbonyl (C=O) groups excluding carboxylic acids is 1. The molecule has 0 radical (unpaired) electrons. The van der Waals surface area contributed by atoms with E-state index in [1.54, 1.807) is 24.3 Å². The molecular formula is C26H31N3O8S2. The van der Waals surface area contributed by atoms with Gasteiger partial charge in [0, 0.05) is 26.7 Å². The zero-order valence-electron chi connectivity index (χ0n) is 22.2. The van der Waals surface area contributed by atoms with Gasteiger partial charge in [0.05, 0.1) is 36.8 Å². The third-order valence-electron chi connectivity index (χ3n) is 5.78. The van der Waals surface area contributed by atoms with Crippen LogP contribution >= 0.6 is 0 Å². The molecule has 11 nitrogen and oxygen atoms in total. The molecule has 0 spiro atoms. The number of methoxy groups -OCH3 is 3. The molecule has 0 aromatic heterocycles. The Kier molecular flexibility index (Phi) is 9.43. The van der Waals surface area contributed by atoms with E-state index < -0.39 is 32.5 Å².